The van der Waals surface area contributed by atoms with E-state index >= 15 is 0 Å². The Balaban J connectivity index is 2.79. The normalized spacial score (nSPS) is 13.2. The van der Waals surface area contributed by atoms with E-state index in [4.69, 9.17) is 5.73 Å². The van der Waals surface area contributed by atoms with E-state index in [0.29, 0.717) is 0 Å². The second-order valence-corrected chi connectivity index (χ2v) is 7.60. The summed E-state index contributed by atoms with van der Waals surface area (Å²) in [6.07, 6.45) is 0.439. The number of rotatable bonds is 6. The molecular weight excluding hydrogens is 356 g/mol. The molecule has 20 heavy (non-hydrogen) atoms. The van der Waals surface area contributed by atoms with Crippen molar-refractivity contribution in [3.8, 4) is 0 Å². The number of halogens is 3. The van der Waals surface area contributed by atoms with Gasteiger partial charge in [0.2, 0.25) is 0 Å². The van der Waals surface area contributed by atoms with E-state index in [9.17, 15) is 22.0 Å². The average Bonchev–Trinajstić information content (AvgIpc) is 2.35. The van der Waals surface area contributed by atoms with Gasteiger partial charge in [-0.2, -0.15) is 0 Å². The molecule has 0 radical (unpaired) electrons. The topological polar surface area (TPSA) is 77.2 Å². The molecule has 112 valence electrons. The molecule has 0 aliphatic heterocycles. The molecule has 4 nitrogen and oxygen atoms in total. The molecule has 8 heteroatoms. The van der Waals surface area contributed by atoms with Gasteiger partial charge in [-0.15, -0.1) is 0 Å². The first-order chi connectivity index (χ1) is 9.11. The van der Waals surface area contributed by atoms with Crippen LogP contribution in [-0.2, 0) is 21.1 Å². The molecule has 0 heterocycles. The number of carbonyl (C=O) groups excluding carboxylic acids is 1. The van der Waals surface area contributed by atoms with Gasteiger partial charge < -0.3 is 5.73 Å². The quantitative estimate of drug-likeness (QED) is 0.772. The predicted octanol–water partition coefficient (Wildman–Crippen LogP) is 1.60. The second-order valence-electron chi connectivity index (χ2n) is 4.49. The van der Waals surface area contributed by atoms with Gasteiger partial charge in [-0.25, -0.2) is 17.2 Å². The molecule has 0 saturated heterocycles. The highest BCUT2D eigenvalue weighted by Crippen LogP contribution is 2.22. The molecular formula is C12H14BrF2NO3S. The van der Waals surface area contributed by atoms with Crippen LogP contribution >= 0.6 is 15.9 Å². The largest absolute Gasteiger partial charge is 0.321 e. The maximum absolute atomic E-state index is 13.7. The van der Waals surface area contributed by atoms with E-state index in [1.165, 1.54) is 6.07 Å². The number of sulfone groups is 1. The van der Waals surface area contributed by atoms with Crippen LogP contribution in [0, 0.1) is 11.6 Å². The Kier molecular flexibility index (Phi) is 5.79. The fourth-order valence-corrected chi connectivity index (χ4v) is 2.59. The van der Waals surface area contributed by atoms with Crippen molar-refractivity contribution in [3.63, 3.8) is 0 Å². The molecule has 0 aliphatic rings. The highest BCUT2D eigenvalue weighted by molar-refractivity contribution is 9.10. The number of benzene rings is 1. The Hall–Kier alpha value is -0.860. The Labute approximate surface area is 124 Å². The van der Waals surface area contributed by atoms with Crippen molar-refractivity contribution in [2.24, 2.45) is 5.73 Å². The number of nitrogens with two attached hydrogens (primary N) is 1. The Bertz CT molecular complexity index is 619. The van der Waals surface area contributed by atoms with Gasteiger partial charge >= 0.3 is 0 Å². The highest BCUT2D eigenvalue weighted by atomic mass is 79.9. The zero-order chi connectivity index (χ0) is 15.5. The van der Waals surface area contributed by atoms with E-state index in [2.05, 4.69) is 15.9 Å². The number of ketones is 1. The van der Waals surface area contributed by atoms with E-state index < -0.39 is 39.7 Å². The summed E-state index contributed by atoms with van der Waals surface area (Å²) >= 11 is 2.90. The van der Waals surface area contributed by atoms with Crippen molar-refractivity contribution in [2.75, 3.05) is 12.0 Å². The molecule has 0 fully saturated rings. The smallest absolute Gasteiger partial charge is 0.154 e. The molecule has 0 spiro atoms. The van der Waals surface area contributed by atoms with E-state index in [0.717, 1.165) is 12.3 Å². The SMILES string of the molecule is CS(=O)(=O)CCC(N)C(=O)Cc1c(F)ccc(Br)c1F. The number of hydrogen-bond donors (Lipinski definition) is 1. The first kappa shape index (κ1) is 17.2. The number of hydrogen-bond acceptors (Lipinski definition) is 4. The second kappa shape index (κ2) is 6.73. The van der Waals surface area contributed by atoms with Crippen LogP contribution in [0.5, 0.6) is 0 Å². The lowest BCUT2D eigenvalue weighted by Crippen LogP contribution is -2.34. The van der Waals surface area contributed by atoms with Gasteiger partial charge in [-0.1, -0.05) is 0 Å². The van der Waals surface area contributed by atoms with Gasteiger partial charge in [-0.3, -0.25) is 4.79 Å². The molecule has 0 aromatic heterocycles. The zero-order valence-electron chi connectivity index (χ0n) is 10.7. The van der Waals surface area contributed by atoms with Crippen molar-refractivity contribution in [1.29, 1.82) is 0 Å². The predicted molar refractivity (Wildman–Crippen MR) is 75.1 cm³/mol. The van der Waals surface area contributed by atoms with Gasteiger partial charge in [0.1, 0.15) is 21.5 Å². The van der Waals surface area contributed by atoms with Crippen molar-refractivity contribution < 1.29 is 22.0 Å². The van der Waals surface area contributed by atoms with Crippen molar-refractivity contribution in [3.05, 3.63) is 33.8 Å². The standard InChI is InChI=1S/C12H14BrF2NO3S/c1-20(18,19)5-4-10(16)11(17)6-7-9(14)3-2-8(13)12(7)15/h2-3,10H,4-6,16H2,1H3. The summed E-state index contributed by atoms with van der Waals surface area (Å²) in [6.45, 7) is 0. The summed E-state index contributed by atoms with van der Waals surface area (Å²) in [5.41, 5.74) is 5.16. The van der Waals surface area contributed by atoms with Crippen molar-refractivity contribution in [2.45, 2.75) is 18.9 Å². The van der Waals surface area contributed by atoms with Gasteiger partial charge in [0.05, 0.1) is 16.3 Å². The fourth-order valence-electron chi connectivity index (χ4n) is 1.54. The maximum atomic E-state index is 13.7. The summed E-state index contributed by atoms with van der Waals surface area (Å²) in [5, 5.41) is 0. The summed E-state index contributed by atoms with van der Waals surface area (Å²) in [5.74, 6) is -2.55. The lowest BCUT2D eigenvalue weighted by atomic mass is 10.0. The highest BCUT2D eigenvalue weighted by Gasteiger charge is 2.21. The van der Waals surface area contributed by atoms with Gasteiger partial charge in [0.15, 0.2) is 5.78 Å². The van der Waals surface area contributed by atoms with Crippen LogP contribution in [0.25, 0.3) is 0 Å². The molecule has 1 aromatic carbocycles. The van der Waals surface area contributed by atoms with Crippen LogP contribution in [0.15, 0.2) is 16.6 Å². The molecule has 1 atom stereocenters. The van der Waals surface area contributed by atoms with E-state index in [-0.39, 0.29) is 22.2 Å². The van der Waals surface area contributed by atoms with Crippen LogP contribution in [-0.4, -0.2) is 32.3 Å². The van der Waals surface area contributed by atoms with Gasteiger partial charge in [-0.05, 0) is 34.5 Å². The minimum atomic E-state index is -3.24. The summed E-state index contributed by atoms with van der Waals surface area (Å²) in [4.78, 5) is 11.8. The van der Waals surface area contributed by atoms with Crippen molar-refractivity contribution in [1.82, 2.24) is 0 Å². The van der Waals surface area contributed by atoms with E-state index in [1.807, 2.05) is 0 Å². The molecule has 1 rings (SSSR count). The minimum Gasteiger partial charge on any atom is -0.321 e. The Morgan fingerprint density at radius 2 is 2.00 bits per heavy atom. The molecule has 1 aromatic rings. The number of Topliss-reactive ketones (excluding diaryl/α,β-unsaturated/α-hetero) is 1. The number of carbonyl (C=O) groups is 1. The third-order valence-corrected chi connectivity index (χ3v) is 4.29. The first-order valence-electron chi connectivity index (χ1n) is 5.70. The van der Waals surface area contributed by atoms with Crippen LogP contribution in [0.2, 0.25) is 0 Å². The summed E-state index contributed by atoms with van der Waals surface area (Å²) in [6, 6.07) is 1.17. The van der Waals surface area contributed by atoms with Crippen LogP contribution in [0.4, 0.5) is 8.78 Å². The molecule has 0 amide bonds. The van der Waals surface area contributed by atoms with Gasteiger partial charge in [0.25, 0.3) is 0 Å². The summed E-state index contributed by atoms with van der Waals surface area (Å²) in [7, 11) is -3.24. The summed E-state index contributed by atoms with van der Waals surface area (Å²) < 4.78 is 49.2. The lowest BCUT2D eigenvalue weighted by molar-refractivity contribution is -0.119. The molecule has 0 bridgehead atoms. The Morgan fingerprint density at radius 1 is 1.40 bits per heavy atom. The minimum absolute atomic E-state index is 0.0476. The van der Waals surface area contributed by atoms with Crippen LogP contribution < -0.4 is 5.73 Å². The fraction of sp³-hybridized carbons (Fsp3) is 0.417. The lowest BCUT2D eigenvalue weighted by Gasteiger charge is -2.11. The Morgan fingerprint density at radius 3 is 2.55 bits per heavy atom. The molecule has 0 saturated carbocycles. The molecule has 0 aliphatic carbocycles. The van der Waals surface area contributed by atoms with Gasteiger partial charge in [0, 0.05) is 18.2 Å². The first-order valence-corrected chi connectivity index (χ1v) is 8.55. The average molecular weight is 370 g/mol. The van der Waals surface area contributed by atoms with Crippen LogP contribution in [0.1, 0.15) is 12.0 Å². The van der Waals surface area contributed by atoms with E-state index in [1.54, 1.807) is 0 Å². The molecule has 1 unspecified atom stereocenters. The van der Waals surface area contributed by atoms with Crippen LogP contribution in [0.3, 0.4) is 0 Å². The third-order valence-electron chi connectivity index (χ3n) is 2.70. The molecule has 2 N–H and O–H groups in total. The monoisotopic (exact) mass is 369 g/mol. The third kappa shape index (κ3) is 4.92. The van der Waals surface area contributed by atoms with Crippen molar-refractivity contribution >= 4 is 31.6 Å². The maximum Gasteiger partial charge on any atom is 0.154 e. The zero-order valence-corrected chi connectivity index (χ0v) is 13.1.